The van der Waals surface area contributed by atoms with E-state index in [1.54, 1.807) is 30.5 Å². The van der Waals surface area contributed by atoms with Crippen LogP contribution in [0, 0.1) is 11.8 Å². The Bertz CT molecular complexity index is 1810. The van der Waals surface area contributed by atoms with Crippen LogP contribution in [0.2, 0.25) is 5.02 Å². The van der Waals surface area contributed by atoms with E-state index in [-0.39, 0.29) is 34.6 Å². The Morgan fingerprint density at radius 3 is 2.50 bits per heavy atom. The van der Waals surface area contributed by atoms with Gasteiger partial charge in [-0.2, -0.15) is 0 Å². The van der Waals surface area contributed by atoms with Crippen molar-refractivity contribution in [1.82, 2.24) is 14.2 Å². The summed E-state index contributed by atoms with van der Waals surface area (Å²) < 4.78 is 34.9. The number of nitrogens with two attached hydrogens (primary N) is 2. The highest BCUT2D eigenvalue weighted by Crippen LogP contribution is 2.37. The molecule has 3 atom stereocenters. The number of anilines is 1. The summed E-state index contributed by atoms with van der Waals surface area (Å²) in [5.41, 5.74) is 13.8. The van der Waals surface area contributed by atoms with Crippen molar-refractivity contribution < 1.29 is 22.7 Å². The first-order valence-corrected chi connectivity index (χ1v) is 16.4. The predicted molar refractivity (Wildman–Crippen MR) is 169 cm³/mol. The van der Waals surface area contributed by atoms with Crippen molar-refractivity contribution in [2.24, 2.45) is 17.6 Å². The number of halogens is 1. The number of hydrogen-bond acceptors (Lipinski definition) is 7. The van der Waals surface area contributed by atoms with Crippen LogP contribution in [0.1, 0.15) is 31.2 Å². The molecule has 12 heteroatoms. The van der Waals surface area contributed by atoms with Gasteiger partial charge in [0.1, 0.15) is 17.5 Å². The third-order valence-electron chi connectivity index (χ3n) is 8.58. The molecule has 6 rings (SSSR count). The lowest BCUT2D eigenvalue weighted by atomic mass is 9.81. The number of aromatic amines is 1. The minimum absolute atomic E-state index is 0.0203. The maximum absolute atomic E-state index is 14.2. The van der Waals surface area contributed by atoms with Crippen LogP contribution < -0.4 is 16.2 Å². The number of hydrogen-bond donors (Lipinski definition) is 3. The van der Waals surface area contributed by atoms with Crippen molar-refractivity contribution in [2.45, 2.75) is 43.0 Å². The molecule has 0 radical (unpaired) electrons. The van der Waals surface area contributed by atoms with Crippen LogP contribution in [0.4, 0.5) is 10.5 Å². The monoisotopic (exact) mass is 635 g/mol. The molecule has 230 valence electrons. The summed E-state index contributed by atoms with van der Waals surface area (Å²) in [4.78, 5) is 31.9. The fourth-order valence-electron chi connectivity index (χ4n) is 6.29. The van der Waals surface area contributed by atoms with Crippen LogP contribution >= 0.6 is 11.6 Å². The average Bonchev–Trinajstić information content (AvgIpc) is 3.53. The van der Waals surface area contributed by atoms with E-state index in [1.807, 2.05) is 24.3 Å². The normalized spacial score (nSPS) is 20.9. The molecule has 3 unspecified atom stereocenters. The van der Waals surface area contributed by atoms with Gasteiger partial charge in [0.05, 0.1) is 9.92 Å². The van der Waals surface area contributed by atoms with Gasteiger partial charge in [-0.1, -0.05) is 36.2 Å². The van der Waals surface area contributed by atoms with Crippen LogP contribution in [-0.2, 0) is 21.2 Å². The van der Waals surface area contributed by atoms with Crippen LogP contribution in [-0.4, -0.2) is 53.7 Å². The number of nitrogens with one attached hydrogen (secondary N) is 1. The van der Waals surface area contributed by atoms with Crippen molar-refractivity contribution in [1.29, 1.82) is 0 Å². The number of amides is 3. The number of para-hydroxylation sites is 1. The van der Waals surface area contributed by atoms with Crippen LogP contribution in [0.25, 0.3) is 10.9 Å². The summed E-state index contributed by atoms with van der Waals surface area (Å²) in [6.45, 7) is 0.695. The highest BCUT2D eigenvalue weighted by Gasteiger charge is 2.52. The summed E-state index contributed by atoms with van der Waals surface area (Å²) >= 11 is 6.48. The highest BCUT2D eigenvalue weighted by atomic mass is 35.5. The van der Waals surface area contributed by atoms with E-state index >= 15 is 0 Å². The molecule has 1 aliphatic heterocycles. The highest BCUT2D eigenvalue weighted by molar-refractivity contribution is 7.89. The Labute approximate surface area is 261 Å². The van der Waals surface area contributed by atoms with E-state index in [2.05, 4.69) is 4.98 Å². The molecule has 1 saturated heterocycles. The number of ether oxygens (including phenoxy) is 1. The Hall–Kier alpha value is -4.06. The topological polar surface area (TPSA) is 152 Å². The van der Waals surface area contributed by atoms with E-state index in [0.717, 1.165) is 51.4 Å². The average molecular weight is 636 g/mol. The second-order valence-electron chi connectivity index (χ2n) is 11.5. The number of aromatic nitrogens is 1. The van der Waals surface area contributed by atoms with E-state index in [9.17, 15) is 18.0 Å². The standard InChI is InChI=1S/C32H34ClN5O5S/c33-27-16-25(12-13-30(27)43-24-10-8-23(35)9-11-24)44(41,42)38-29(15-22-18-36-28-7-2-1-6-26(22)28)31(39)37(32(38)40)19-21-5-3-4-20(14-21)17-34/h1-2,6-13,16,18,20-21,29,36H,3-5,14-15,17,19,34-35H2. The number of rotatable bonds is 9. The fourth-order valence-corrected chi connectivity index (χ4v) is 8.11. The first kappa shape index (κ1) is 30.0. The quantitative estimate of drug-likeness (QED) is 0.162. The molecule has 0 bridgehead atoms. The molecular formula is C32H34ClN5O5S. The summed E-state index contributed by atoms with van der Waals surface area (Å²) in [5.74, 6) is 0.530. The number of carbonyl (C=O) groups excluding carboxylic acids is 2. The molecule has 0 spiro atoms. The summed E-state index contributed by atoms with van der Waals surface area (Å²) in [5, 5.41) is 0.884. The maximum atomic E-state index is 14.2. The number of nitrogens with zero attached hydrogens (tertiary/aromatic N) is 2. The van der Waals surface area contributed by atoms with Crippen molar-refractivity contribution in [3.05, 3.63) is 83.5 Å². The van der Waals surface area contributed by atoms with Gasteiger partial charge in [0, 0.05) is 35.8 Å². The van der Waals surface area contributed by atoms with Crippen molar-refractivity contribution in [3.63, 3.8) is 0 Å². The third kappa shape index (κ3) is 5.74. The molecule has 3 aromatic carbocycles. The SMILES string of the molecule is NCC1CCCC(CN2C(=O)C(Cc3c[nH]c4ccccc34)N(S(=O)(=O)c3ccc(Oc4ccc(N)cc4)c(Cl)c3)C2=O)C1. The minimum atomic E-state index is -4.50. The maximum Gasteiger partial charge on any atom is 0.341 e. The molecule has 1 saturated carbocycles. The number of nitrogen functional groups attached to an aromatic ring is 1. The lowest BCUT2D eigenvalue weighted by molar-refractivity contribution is -0.128. The summed E-state index contributed by atoms with van der Waals surface area (Å²) in [6, 6.07) is 16.1. The lowest BCUT2D eigenvalue weighted by Crippen LogP contribution is -2.41. The van der Waals surface area contributed by atoms with E-state index in [4.69, 9.17) is 27.8 Å². The number of benzene rings is 3. The van der Waals surface area contributed by atoms with Crippen molar-refractivity contribution in [3.8, 4) is 11.5 Å². The molecule has 2 fully saturated rings. The molecule has 2 heterocycles. The molecular weight excluding hydrogens is 602 g/mol. The number of sulfonamides is 1. The zero-order chi connectivity index (χ0) is 31.0. The number of imide groups is 1. The smallest absolute Gasteiger partial charge is 0.341 e. The molecule has 5 N–H and O–H groups in total. The number of fused-ring (bicyclic) bond motifs is 1. The molecule has 3 amide bonds. The third-order valence-corrected chi connectivity index (χ3v) is 10.6. The Morgan fingerprint density at radius 1 is 1.00 bits per heavy atom. The Balaban J connectivity index is 1.33. The van der Waals surface area contributed by atoms with Crippen LogP contribution in [0.3, 0.4) is 0 Å². The molecule has 4 aromatic rings. The molecule has 10 nitrogen and oxygen atoms in total. The van der Waals surface area contributed by atoms with Gasteiger partial charge in [-0.15, -0.1) is 0 Å². The largest absolute Gasteiger partial charge is 0.456 e. The molecule has 1 aromatic heterocycles. The van der Waals surface area contributed by atoms with Gasteiger partial charge in [-0.25, -0.2) is 17.5 Å². The van der Waals surface area contributed by atoms with Gasteiger partial charge in [0.15, 0.2) is 0 Å². The molecule has 1 aliphatic carbocycles. The van der Waals surface area contributed by atoms with E-state index < -0.39 is 28.0 Å². The van der Waals surface area contributed by atoms with E-state index in [0.29, 0.717) is 23.9 Å². The fraction of sp³-hybridized carbons (Fsp3) is 0.312. The van der Waals surface area contributed by atoms with Gasteiger partial charge >= 0.3 is 6.03 Å². The number of H-pyrrole nitrogens is 1. The predicted octanol–water partition coefficient (Wildman–Crippen LogP) is 5.53. The second kappa shape index (κ2) is 12.1. The number of urea groups is 1. The molecule has 2 aliphatic rings. The van der Waals surface area contributed by atoms with E-state index in [1.165, 1.54) is 18.2 Å². The Kier molecular flexibility index (Phi) is 8.28. The van der Waals surface area contributed by atoms with Crippen molar-refractivity contribution >= 4 is 50.2 Å². The first-order valence-electron chi connectivity index (χ1n) is 14.6. The first-order chi connectivity index (χ1) is 21.2. The van der Waals surface area contributed by atoms with Gasteiger partial charge in [0.2, 0.25) is 0 Å². The Morgan fingerprint density at radius 2 is 1.75 bits per heavy atom. The lowest BCUT2D eigenvalue weighted by Gasteiger charge is -2.30. The van der Waals surface area contributed by atoms with Gasteiger partial charge < -0.3 is 21.2 Å². The summed E-state index contributed by atoms with van der Waals surface area (Å²) in [6.07, 6.45) is 5.37. The number of carbonyl (C=O) groups is 2. The minimum Gasteiger partial charge on any atom is -0.456 e. The van der Waals surface area contributed by atoms with Gasteiger partial charge in [0.25, 0.3) is 15.9 Å². The molecule has 44 heavy (non-hydrogen) atoms. The van der Waals surface area contributed by atoms with Crippen LogP contribution in [0.5, 0.6) is 11.5 Å². The summed E-state index contributed by atoms with van der Waals surface area (Å²) in [7, 11) is -4.50. The van der Waals surface area contributed by atoms with Gasteiger partial charge in [-0.05, 0) is 91.7 Å². The van der Waals surface area contributed by atoms with Crippen molar-refractivity contribution in [2.75, 3.05) is 18.8 Å². The van der Waals surface area contributed by atoms with Gasteiger partial charge in [-0.3, -0.25) is 9.69 Å². The zero-order valence-corrected chi connectivity index (χ0v) is 25.6. The van der Waals surface area contributed by atoms with Crippen LogP contribution in [0.15, 0.2) is 77.8 Å². The zero-order valence-electron chi connectivity index (χ0n) is 24.0. The second-order valence-corrected chi connectivity index (χ2v) is 13.7.